The summed E-state index contributed by atoms with van der Waals surface area (Å²) in [5, 5.41) is 5.52. The minimum absolute atomic E-state index is 0.0792. The van der Waals surface area contributed by atoms with Crippen LogP contribution in [0.2, 0.25) is 0 Å². The third-order valence-corrected chi connectivity index (χ3v) is 3.10. The summed E-state index contributed by atoms with van der Waals surface area (Å²) in [6, 6.07) is 7.85. The van der Waals surface area contributed by atoms with E-state index >= 15 is 0 Å². The first kappa shape index (κ1) is 15.2. The van der Waals surface area contributed by atoms with Gasteiger partial charge in [0, 0.05) is 25.6 Å². The standard InChI is InChI=1S/C15H22N2O2/c1-4-11(2)13-7-5-6-8-14(13)17-15(19)9-10-16-12(3)18/h5-8,11H,4,9-10H2,1-3H3,(H,16,18)(H,17,19)/t11-/m0/s1. The maximum atomic E-state index is 11.8. The molecule has 0 bridgehead atoms. The topological polar surface area (TPSA) is 58.2 Å². The Labute approximate surface area is 114 Å². The fraction of sp³-hybridized carbons (Fsp3) is 0.467. The zero-order chi connectivity index (χ0) is 14.3. The highest BCUT2D eigenvalue weighted by atomic mass is 16.2. The summed E-state index contributed by atoms with van der Waals surface area (Å²) in [4.78, 5) is 22.5. The van der Waals surface area contributed by atoms with Crippen molar-refractivity contribution >= 4 is 17.5 Å². The molecule has 0 fully saturated rings. The monoisotopic (exact) mass is 262 g/mol. The number of para-hydroxylation sites is 1. The van der Waals surface area contributed by atoms with Crippen molar-refractivity contribution in [2.45, 2.75) is 39.5 Å². The molecule has 0 radical (unpaired) electrons. The normalized spacial score (nSPS) is 11.7. The van der Waals surface area contributed by atoms with E-state index in [1.54, 1.807) is 0 Å². The number of nitrogens with one attached hydrogen (secondary N) is 2. The molecule has 0 saturated carbocycles. The van der Waals surface area contributed by atoms with Crippen LogP contribution in [0.3, 0.4) is 0 Å². The lowest BCUT2D eigenvalue weighted by Crippen LogP contribution is -2.25. The molecule has 0 spiro atoms. The van der Waals surface area contributed by atoms with E-state index in [0.29, 0.717) is 12.5 Å². The first-order valence-electron chi connectivity index (χ1n) is 6.67. The molecule has 4 nitrogen and oxygen atoms in total. The second kappa shape index (κ2) is 7.56. The zero-order valence-electron chi connectivity index (χ0n) is 11.8. The lowest BCUT2D eigenvalue weighted by atomic mass is 9.97. The van der Waals surface area contributed by atoms with Gasteiger partial charge in [-0.3, -0.25) is 9.59 Å². The van der Waals surface area contributed by atoms with Crippen molar-refractivity contribution in [3.63, 3.8) is 0 Å². The Bertz CT molecular complexity index is 444. The second-order valence-electron chi connectivity index (χ2n) is 4.68. The van der Waals surface area contributed by atoms with Gasteiger partial charge in [0.2, 0.25) is 11.8 Å². The van der Waals surface area contributed by atoms with Crippen molar-refractivity contribution < 1.29 is 9.59 Å². The molecule has 0 aliphatic rings. The fourth-order valence-electron chi connectivity index (χ4n) is 1.83. The van der Waals surface area contributed by atoms with E-state index in [9.17, 15) is 9.59 Å². The average Bonchev–Trinajstić information content (AvgIpc) is 2.38. The van der Waals surface area contributed by atoms with E-state index in [2.05, 4.69) is 24.5 Å². The van der Waals surface area contributed by atoms with Crippen molar-refractivity contribution in [2.75, 3.05) is 11.9 Å². The van der Waals surface area contributed by atoms with Crippen molar-refractivity contribution in [3.05, 3.63) is 29.8 Å². The highest BCUT2D eigenvalue weighted by molar-refractivity contribution is 5.92. The zero-order valence-corrected chi connectivity index (χ0v) is 11.8. The Hall–Kier alpha value is -1.84. The minimum atomic E-state index is -0.118. The van der Waals surface area contributed by atoms with Crippen LogP contribution < -0.4 is 10.6 Å². The van der Waals surface area contributed by atoms with Gasteiger partial charge in [0.15, 0.2) is 0 Å². The molecule has 0 aromatic heterocycles. The van der Waals surface area contributed by atoms with Crippen LogP contribution in [0, 0.1) is 0 Å². The molecule has 1 aromatic rings. The summed E-state index contributed by atoms with van der Waals surface area (Å²) in [5.41, 5.74) is 2.02. The molecule has 0 unspecified atom stereocenters. The number of anilines is 1. The van der Waals surface area contributed by atoms with E-state index in [0.717, 1.165) is 17.7 Å². The van der Waals surface area contributed by atoms with E-state index in [1.165, 1.54) is 6.92 Å². The number of carbonyl (C=O) groups excluding carboxylic acids is 2. The van der Waals surface area contributed by atoms with Crippen LogP contribution in [0.1, 0.15) is 45.1 Å². The van der Waals surface area contributed by atoms with Crippen LogP contribution in [0.5, 0.6) is 0 Å². The van der Waals surface area contributed by atoms with Gasteiger partial charge in [-0.15, -0.1) is 0 Å². The molecule has 1 rings (SSSR count). The predicted molar refractivity (Wildman–Crippen MR) is 77.1 cm³/mol. The highest BCUT2D eigenvalue weighted by Crippen LogP contribution is 2.26. The van der Waals surface area contributed by atoms with Gasteiger partial charge in [-0.25, -0.2) is 0 Å². The van der Waals surface area contributed by atoms with Crippen LogP contribution >= 0.6 is 0 Å². The summed E-state index contributed by atoms with van der Waals surface area (Å²) in [7, 11) is 0. The van der Waals surface area contributed by atoms with E-state index < -0.39 is 0 Å². The molecule has 4 heteroatoms. The molecule has 1 aromatic carbocycles. The third-order valence-electron chi connectivity index (χ3n) is 3.10. The number of hydrogen-bond donors (Lipinski definition) is 2. The van der Waals surface area contributed by atoms with Gasteiger partial charge in [0.1, 0.15) is 0 Å². The maximum absolute atomic E-state index is 11.8. The molecule has 104 valence electrons. The first-order valence-corrected chi connectivity index (χ1v) is 6.67. The van der Waals surface area contributed by atoms with Gasteiger partial charge in [-0.05, 0) is 24.0 Å². The molecule has 1 atom stereocenters. The smallest absolute Gasteiger partial charge is 0.226 e. The predicted octanol–water partition coefficient (Wildman–Crippen LogP) is 2.66. The summed E-state index contributed by atoms with van der Waals surface area (Å²) in [5.74, 6) is 0.212. The maximum Gasteiger partial charge on any atom is 0.226 e. The average molecular weight is 262 g/mol. The molecular weight excluding hydrogens is 240 g/mol. The summed E-state index contributed by atoms with van der Waals surface area (Å²) < 4.78 is 0. The number of benzene rings is 1. The Kier molecular flexibility index (Phi) is 6.06. The molecular formula is C15H22N2O2. The van der Waals surface area contributed by atoms with Crippen molar-refractivity contribution in [1.29, 1.82) is 0 Å². The number of hydrogen-bond acceptors (Lipinski definition) is 2. The van der Waals surface area contributed by atoms with Crippen molar-refractivity contribution in [1.82, 2.24) is 5.32 Å². The van der Waals surface area contributed by atoms with Gasteiger partial charge in [-0.2, -0.15) is 0 Å². The molecule has 2 amide bonds. The first-order chi connectivity index (χ1) is 9.04. The number of amides is 2. The van der Waals surface area contributed by atoms with E-state index in [4.69, 9.17) is 0 Å². The Morgan fingerprint density at radius 1 is 1.26 bits per heavy atom. The molecule has 19 heavy (non-hydrogen) atoms. The van der Waals surface area contributed by atoms with Gasteiger partial charge in [-0.1, -0.05) is 32.0 Å². The third kappa shape index (κ3) is 5.12. The Morgan fingerprint density at radius 3 is 2.58 bits per heavy atom. The van der Waals surface area contributed by atoms with Crippen LogP contribution in [0.15, 0.2) is 24.3 Å². The van der Waals surface area contributed by atoms with Crippen molar-refractivity contribution in [2.24, 2.45) is 0 Å². The highest BCUT2D eigenvalue weighted by Gasteiger charge is 2.10. The molecule has 0 heterocycles. The largest absolute Gasteiger partial charge is 0.356 e. The number of carbonyl (C=O) groups is 2. The molecule has 0 saturated heterocycles. The summed E-state index contributed by atoms with van der Waals surface area (Å²) in [6.45, 7) is 6.07. The van der Waals surface area contributed by atoms with E-state index in [-0.39, 0.29) is 18.2 Å². The lowest BCUT2D eigenvalue weighted by molar-refractivity contribution is -0.119. The minimum Gasteiger partial charge on any atom is -0.356 e. The van der Waals surface area contributed by atoms with Crippen LogP contribution in [0.25, 0.3) is 0 Å². The van der Waals surface area contributed by atoms with Crippen LogP contribution in [0.4, 0.5) is 5.69 Å². The summed E-state index contributed by atoms with van der Waals surface area (Å²) >= 11 is 0. The molecule has 2 N–H and O–H groups in total. The molecule has 0 aliphatic heterocycles. The van der Waals surface area contributed by atoms with Gasteiger partial charge < -0.3 is 10.6 Å². The SMILES string of the molecule is CC[C@H](C)c1ccccc1NC(=O)CCNC(C)=O. The van der Waals surface area contributed by atoms with Gasteiger partial charge in [0.25, 0.3) is 0 Å². The van der Waals surface area contributed by atoms with Gasteiger partial charge in [0.05, 0.1) is 0 Å². The Morgan fingerprint density at radius 2 is 1.95 bits per heavy atom. The van der Waals surface area contributed by atoms with Crippen LogP contribution in [-0.4, -0.2) is 18.4 Å². The second-order valence-corrected chi connectivity index (χ2v) is 4.68. The lowest BCUT2D eigenvalue weighted by Gasteiger charge is -2.15. The quantitative estimate of drug-likeness (QED) is 0.828. The van der Waals surface area contributed by atoms with Crippen LogP contribution in [-0.2, 0) is 9.59 Å². The van der Waals surface area contributed by atoms with Gasteiger partial charge >= 0.3 is 0 Å². The Balaban J connectivity index is 2.61. The molecule has 0 aliphatic carbocycles. The fourth-order valence-corrected chi connectivity index (χ4v) is 1.83. The summed E-state index contributed by atoms with van der Waals surface area (Å²) in [6.07, 6.45) is 1.31. The van der Waals surface area contributed by atoms with Crippen molar-refractivity contribution in [3.8, 4) is 0 Å². The van der Waals surface area contributed by atoms with E-state index in [1.807, 2.05) is 24.3 Å². The number of rotatable bonds is 6.